The van der Waals surface area contributed by atoms with Crippen molar-refractivity contribution in [2.24, 2.45) is 11.7 Å². The minimum absolute atomic E-state index is 0. The Morgan fingerprint density at radius 2 is 1.83 bits per heavy atom. The molecule has 1 aromatic rings. The van der Waals surface area contributed by atoms with Crippen LogP contribution in [0.25, 0.3) is 0 Å². The number of hydrogen-bond acceptors (Lipinski definition) is 1. The third-order valence-corrected chi connectivity index (χ3v) is 2.68. The molecule has 1 atom stereocenters. The first kappa shape index (κ1) is 17.6. The molecule has 104 valence electrons. The molecule has 0 amide bonds. The van der Waals surface area contributed by atoms with Gasteiger partial charge in [0.2, 0.25) is 0 Å². The number of rotatable bonds is 3. The average molecular weight is 302 g/mol. The lowest BCUT2D eigenvalue weighted by Gasteiger charge is -2.20. The van der Waals surface area contributed by atoms with Gasteiger partial charge in [0.1, 0.15) is 0 Å². The molecule has 1 rings (SSSR count). The molecule has 1 nitrogen and oxygen atoms in total. The predicted octanol–water partition coefficient (Wildman–Crippen LogP) is 4.83. The van der Waals surface area contributed by atoms with E-state index < -0.39 is 17.8 Å². The van der Waals surface area contributed by atoms with Gasteiger partial charge in [0.15, 0.2) is 0 Å². The largest absolute Gasteiger partial charge is 0.416 e. The van der Waals surface area contributed by atoms with Crippen LogP contribution in [0.4, 0.5) is 13.2 Å². The molecule has 0 heterocycles. The predicted molar refractivity (Wildman–Crippen MR) is 70.1 cm³/mol. The Labute approximate surface area is 116 Å². The molecule has 0 bridgehead atoms. The lowest BCUT2D eigenvalue weighted by Crippen LogP contribution is -2.19. The molecule has 0 unspecified atom stereocenters. The first-order valence-electron chi connectivity index (χ1n) is 5.34. The summed E-state index contributed by atoms with van der Waals surface area (Å²) in [7, 11) is 0. The maximum atomic E-state index is 12.8. The van der Waals surface area contributed by atoms with Crippen LogP contribution in [0, 0.1) is 5.92 Å². The number of halogens is 5. The van der Waals surface area contributed by atoms with Crippen LogP contribution in [0.2, 0.25) is 5.02 Å². The van der Waals surface area contributed by atoms with E-state index in [9.17, 15) is 13.2 Å². The van der Waals surface area contributed by atoms with Gasteiger partial charge in [-0.2, -0.15) is 13.2 Å². The van der Waals surface area contributed by atoms with Crippen LogP contribution in [0.3, 0.4) is 0 Å². The molecule has 0 fully saturated rings. The van der Waals surface area contributed by atoms with Crippen molar-refractivity contribution < 1.29 is 13.2 Å². The molecule has 0 aliphatic carbocycles. The van der Waals surface area contributed by atoms with Crippen LogP contribution >= 0.6 is 24.0 Å². The van der Waals surface area contributed by atoms with Crippen molar-refractivity contribution in [3.63, 3.8) is 0 Å². The first-order chi connectivity index (χ1) is 7.71. The van der Waals surface area contributed by atoms with Gasteiger partial charge in [0.05, 0.1) is 5.56 Å². The van der Waals surface area contributed by atoms with Crippen LogP contribution in [0.15, 0.2) is 18.2 Å². The van der Waals surface area contributed by atoms with E-state index in [0.717, 1.165) is 6.07 Å². The van der Waals surface area contributed by atoms with Crippen molar-refractivity contribution >= 4 is 24.0 Å². The van der Waals surface area contributed by atoms with Crippen molar-refractivity contribution in [2.75, 3.05) is 0 Å². The molecule has 0 saturated heterocycles. The minimum Gasteiger partial charge on any atom is -0.324 e. The highest BCUT2D eigenvalue weighted by atomic mass is 35.5. The van der Waals surface area contributed by atoms with Gasteiger partial charge in [-0.15, -0.1) is 12.4 Å². The smallest absolute Gasteiger partial charge is 0.324 e. The summed E-state index contributed by atoms with van der Waals surface area (Å²) in [4.78, 5) is 0. The monoisotopic (exact) mass is 301 g/mol. The number of benzene rings is 1. The average Bonchev–Trinajstić information content (AvgIpc) is 2.14. The van der Waals surface area contributed by atoms with E-state index in [1.54, 1.807) is 0 Å². The van der Waals surface area contributed by atoms with Gasteiger partial charge in [-0.05, 0) is 30.0 Å². The molecular weight excluding hydrogens is 286 g/mol. The fraction of sp³-hybridized carbons (Fsp3) is 0.500. The van der Waals surface area contributed by atoms with Crippen LogP contribution in [-0.2, 0) is 6.18 Å². The molecule has 0 aromatic heterocycles. The van der Waals surface area contributed by atoms with Gasteiger partial charge in [0, 0.05) is 11.1 Å². The fourth-order valence-electron chi connectivity index (χ4n) is 1.73. The zero-order valence-corrected chi connectivity index (χ0v) is 11.7. The summed E-state index contributed by atoms with van der Waals surface area (Å²) in [6, 6.07) is 3.10. The van der Waals surface area contributed by atoms with Crippen molar-refractivity contribution in [1.82, 2.24) is 0 Å². The Morgan fingerprint density at radius 3 is 2.28 bits per heavy atom. The van der Waals surface area contributed by atoms with Crippen LogP contribution in [0.1, 0.15) is 37.4 Å². The molecule has 6 heteroatoms. The molecule has 0 aliphatic heterocycles. The first-order valence-corrected chi connectivity index (χ1v) is 5.72. The Bertz CT molecular complexity index is 391. The molecule has 0 radical (unpaired) electrons. The van der Waals surface area contributed by atoms with E-state index >= 15 is 0 Å². The summed E-state index contributed by atoms with van der Waals surface area (Å²) in [5.74, 6) is 0.238. The minimum atomic E-state index is -4.42. The van der Waals surface area contributed by atoms with E-state index in [4.69, 9.17) is 17.3 Å². The highest BCUT2D eigenvalue weighted by Crippen LogP contribution is 2.36. The van der Waals surface area contributed by atoms with Crippen LogP contribution in [0.5, 0.6) is 0 Å². The quantitative estimate of drug-likeness (QED) is 0.850. The lowest BCUT2D eigenvalue weighted by molar-refractivity contribution is -0.138. The number of nitrogens with two attached hydrogens (primary N) is 1. The molecule has 2 N–H and O–H groups in total. The zero-order chi connectivity index (χ0) is 13.2. The molecular formula is C12H16Cl2F3N. The summed E-state index contributed by atoms with van der Waals surface area (Å²) < 4.78 is 38.4. The van der Waals surface area contributed by atoms with E-state index in [1.807, 2.05) is 13.8 Å². The van der Waals surface area contributed by atoms with E-state index in [2.05, 4.69) is 0 Å². The van der Waals surface area contributed by atoms with Crippen molar-refractivity contribution in [2.45, 2.75) is 32.5 Å². The van der Waals surface area contributed by atoms with Gasteiger partial charge in [-0.1, -0.05) is 31.5 Å². The normalized spacial score (nSPS) is 13.3. The Morgan fingerprint density at radius 1 is 1.28 bits per heavy atom. The van der Waals surface area contributed by atoms with Crippen molar-refractivity contribution in [3.8, 4) is 0 Å². The Hall–Kier alpha value is -0.450. The summed E-state index contributed by atoms with van der Waals surface area (Å²) in [5, 5.41) is 0.0674. The van der Waals surface area contributed by atoms with E-state index in [1.165, 1.54) is 12.1 Å². The standard InChI is InChI=1S/C12H15ClF3N.ClH/c1-7(2)5-11(17)9-4-3-8(13)6-10(9)12(14,15)16;/h3-4,6-7,11H,5,17H2,1-2H3;1H/t11-;/m1./s1. The van der Waals surface area contributed by atoms with Crippen molar-refractivity contribution in [1.29, 1.82) is 0 Å². The van der Waals surface area contributed by atoms with Gasteiger partial charge in [0.25, 0.3) is 0 Å². The molecule has 18 heavy (non-hydrogen) atoms. The fourth-order valence-corrected chi connectivity index (χ4v) is 1.90. The van der Waals surface area contributed by atoms with Gasteiger partial charge in [-0.3, -0.25) is 0 Å². The van der Waals surface area contributed by atoms with Crippen LogP contribution in [-0.4, -0.2) is 0 Å². The SMILES string of the molecule is CC(C)C[C@@H](N)c1ccc(Cl)cc1C(F)(F)F.Cl. The highest BCUT2D eigenvalue weighted by molar-refractivity contribution is 6.30. The summed E-state index contributed by atoms with van der Waals surface area (Å²) >= 11 is 5.59. The summed E-state index contributed by atoms with van der Waals surface area (Å²) in [6.07, 6.45) is -3.92. The van der Waals surface area contributed by atoms with Gasteiger partial charge < -0.3 is 5.73 Å². The molecule has 0 aliphatic rings. The summed E-state index contributed by atoms with van der Waals surface area (Å²) in [6.45, 7) is 3.84. The Kier molecular flexibility index (Phi) is 6.47. The third-order valence-electron chi connectivity index (χ3n) is 2.45. The Balaban J connectivity index is 0.00000289. The summed E-state index contributed by atoms with van der Waals surface area (Å²) in [5.41, 5.74) is 5.17. The molecule has 1 aromatic carbocycles. The van der Waals surface area contributed by atoms with Crippen LogP contribution < -0.4 is 5.73 Å². The number of alkyl halides is 3. The van der Waals surface area contributed by atoms with E-state index in [-0.39, 0.29) is 28.9 Å². The number of hydrogen-bond donors (Lipinski definition) is 1. The molecule has 0 saturated carbocycles. The zero-order valence-electron chi connectivity index (χ0n) is 10.1. The van der Waals surface area contributed by atoms with Gasteiger partial charge in [-0.25, -0.2) is 0 Å². The second-order valence-corrected chi connectivity index (χ2v) is 4.90. The topological polar surface area (TPSA) is 26.0 Å². The maximum Gasteiger partial charge on any atom is 0.416 e. The second-order valence-electron chi connectivity index (χ2n) is 4.47. The maximum absolute atomic E-state index is 12.8. The highest BCUT2D eigenvalue weighted by Gasteiger charge is 2.34. The third kappa shape index (κ3) is 4.67. The van der Waals surface area contributed by atoms with E-state index in [0.29, 0.717) is 6.42 Å². The molecule has 0 spiro atoms. The lowest BCUT2D eigenvalue weighted by atomic mass is 9.94. The van der Waals surface area contributed by atoms with Crippen molar-refractivity contribution in [3.05, 3.63) is 34.3 Å². The van der Waals surface area contributed by atoms with Gasteiger partial charge >= 0.3 is 6.18 Å². The second kappa shape index (κ2) is 6.64.